The Morgan fingerprint density at radius 1 is 1.45 bits per heavy atom. The van der Waals surface area contributed by atoms with Gasteiger partial charge in [-0.15, -0.1) is 5.10 Å². The minimum absolute atomic E-state index is 0.832. The summed E-state index contributed by atoms with van der Waals surface area (Å²) in [4.78, 5) is 0. The number of nitrogens with zero attached hydrogens (tertiary/aromatic N) is 3. The highest BCUT2D eigenvalue weighted by Crippen LogP contribution is 2.10. The maximum atomic E-state index is 5.49. The van der Waals surface area contributed by atoms with E-state index in [-0.39, 0.29) is 0 Å². The van der Waals surface area contributed by atoms with Gasteiger partial charge >= 0.3 is 0 Å². The Kier molecular flexibility index (Phi) is 1.21. The van der Waals surface area contributed by atoms with Crippen molar-refractivity contribution in [3.8, 4) is 0 Å². The molecule has 0 atom stereocenters. The Bertz CT molecular complexity index is 393. The molecule has 11 heavy (non-hydrogen) atoms. The molecular weight excluding hydrogens is 137 g/mol. The Balaban J connectivity index is 2.87. The highest BCUT2D eigenvalue weighted by Gasteiger charge is 1.98. The van der Waals surface area contributed by atoms with E-state index in [1.54, 1.807) is 0 Å². The highest BCUT2D eigenvalue weighted by molar-refractivity contribution is 6.09. The van der Waals surface area contributed by atoms with E-state index in [2.05, 4.69) is 10.3 Å². The molecule has 2 rings (SSSR count). The number of aromatic nitrogens is 3. The lowest BCUT2D eigenvalue weighted by Gasteiger charge is -1.92. The lowest BCUT2D eigenvalue weighted by molar-refractivity contribution is 0.898. The van der Waals surface area contributed by atoms with Crippen LogP contribution in [0.4, 0.5) is 0 Å². The molecule has 3 nitrogen and oxygen atoms in total. The predicted molar refractivity (Wildman–Crippen MR) is 43.4 cm³/mol. The Morgan fingerprint density at radius 2 is 2.27 bits per heavy atom. The first-order valence-corrected chi connectivity index (χ1v) is 3.34. The fourth-order valence-electron chi connectivity index (χ4n) is 1.05. The van der Waals surface area contributed by atoms with Gasteiger partial charge in [-0.05, 0) is 24.6 Å². The van der Waals surface area contributed by atoms with Gasteiger partial charge in [-0.3, -0.25) is 0 Å². The molecule has 2 aromatic rings. The van der Waals surface area contributed by atoms with E-state index in [9.17, 15) is 0 Å². The standard InChI is InChI=1S/C7H6BN3/c1-5-2-3-6-7(4-5)11(8)10-9-6/h2-4H,1H3. The van der Waals surface area contributed by atoms with Crippen LogP contribution >= 0.6 is 0 Å². The largest absolute Gasteiger partial charge is 0.304 e. The maximum Gasteiger partial charge on any atom is 0.267 e. The van der Waals surface area contributed by atoms with Crippen molar-refractivity contribution >= 4 is 19.0 Å². The van der Waals surface area contributed by atoms with Crippen LogP contribution in [0.1, 0.15) is 5.56 Å². The first-order valence-electron chi connectivity index (χ1n) is 3.34. The molecule has 0 saturated carbocycles. The van der Waals surface area contributed by atoms with E-state index in [1.807, 2.05) is 25.1 Å². The maximum absolute atomic E-state index is 5.49. The van der Waals surface area contributed by atoms with Crippen molar-refractivity contribution in [1.29, 1.82) is 0 Å². The monoisotopic (exact) mass is 143 g/mol. The van der Waals surface area contributed by atoms with Gasteiger partial charge in [-0.1, -0.05) is 11.3 Å². The van der Waals surface area contributed by atoms with Gasteiger partial charge in [0.1, 0.15) is 5.52 Å². The molecule has 1 aromatic heterocycles. The normalized spacial score (nSPS) is 10.6. The second-order valence-electron chi connectivity index (χ2n) is 2.53. The van der Waals surface area contributed by atoms with E-state index in [0.717, 1.165) is 16.6 Å². The van der Waals surface area contributed by atoms with Crippen molar-refractivity contribution in [2.75, 3.05) is 0 Å². The SMILES string of the molecule is [B]n1nnc2ccc(C)cc21. The van der Waals surface area contributed by atoms with Crippen molar-refractivity contribution in [3.63, 3.8) is 0 Å². The molecule has 0 bridgehead atoms. The number of hydrogen-bond acceptors (Lipinski definition) is 2. The average Bonchev–Trinajstić information content (AvgIpc) is 2.33. The smallest absolute Gasteiger partial charge is 0.267 e. The zero-order valence-electron chi connectivity index (χ0n) is 6.15. The van der Waals surface area contributed by atoms with Crippen LogP contribution in [-0.2, 0) is 0 Å². The first-order chi connectivity index (χ1) is 5.27. The van der Waals surface area contributed by atoms with Crippen molar-refractivity contribution in [2.24, 2.45) is 0 Å². The molecule has 2 radical (unpaired) electrons. The minimum Gasteiger partial charge on any atom is -0.304 e. The number of hydrogen-bond donors (Lipinski definition) is 0. The Labute approximate surface area is 65.4 Å². The highest BCUT2D eigenvalue weighted by atomic mass is 15.4. The number of benzene rings is 1. The summed E-state index contributed by atoms with van der Waals surface area (Å²) in [6, 6.07) is 5.84. The number of rotatable bonds is 0. The molecule has 0 fully saturated rings. The molecule has 0 amide bonds. The molecule has 52 valence electrons. The molecule has 0 aliphatic carbocycles. The molecule has 1 aromatic carbocycles. The molecule has 0 unspecified atom stereocenters. The van der Waals surface area contributed by atoms with Crippen molar-refractivity contribution in [2.45, 2.75) is 6.92 Å². The summed E-state index contributed by atoms with van der Waals surface area (Å²) in [5, 5.41) is 7.53. The van der Waals surface area contributed by atoms with E-state index in [1.165, 1.54) is 4.59 Å². The molecule has 0 saturated heterocycles. The van der Waals surface area contributed by atoms with Crippen LogP contribution < -0.4 is 0 Å². The zero-order valence-corrected chi connectivity index (χ0v) is 6.15. The van der Waals surface area contributed by atoms with Crippen molar-refractivity contribution < 1.29 is 0 Å². The summed E-state index contributed by atoms with van der Waals surface area (Å²) in [5.74, 6) is 0. The van der Waals surface area contributed by atoms with Gasteiger partial charge in [0.15, 0.2) is 0 Å². The molecule has 4 heteroatoms. The molecule has 0 N–H and O–H groups in total. The minimum atomic E-state index is 0.832. The average molecular weight is 143 g/mol. The Morgan fingerprint density at radius 3 is 3.09 bits per heavy atom. The second-order valence-corrected chi connectivity index (χ2v) is 2.53. The molecular formula is C7H6BN3. The van der Waals surface area contributed by atoms with E-state index in [4.69, 9.17) is 7.98 Å². The van der Waals surface area contributed by atoms with Gasteiger partial charge in [0.05, 0.1) is 5.52 Å². The summed E-state index contributed by atoms with van der Waals surface area (Å²) >= 11 is 0. The van der Waals surface area contributed by atoms with Crippen molar-refractivity contribution in [1.82, 2.24) is 14.9 Å². The third-order valence-corrected chi connectivity index (χ3v) is 1.63. The molecule has 1 heterocycles. The summed E-state index contributed by atoms with van der Waals surface area (Å²) in [5.41, 5.74) is 2.86. The van der Waals surface area contributed by atoms with Crippen molar-refractivity contribution in [3.05, 3.63) is 23.8 Å². The lowest BCUT2D eigenvalue weighted by atomic mass is 10.2. The van der Waals surface area contributed by atoms with E-state index >= 15 is 0 Å². The van der Waals surface area contributed by atoms with Crippen LogP contribution in [-0.4, -0.2) is 22.9 Å². The quantitative estimate of drug-likeness (QED) is 0.507. The third-order valence-electron chi connectivity index (χ3n) is 1.63. The van der Waals surface area contributed by atoms with Crippen LogP contribution in [0, 0.1) is 6.92 Å². The number of fused-ring (bicyclic) bond motifs is 1. The van der Waals surface area contributed by atoms with Crippen LogP contribution in [0.2, 0.25) is 0 Å². The Hall–Kier alpha value is -1.32. The second kappa shape index (κ2) is 2.08. The van der Waals surface area contributed by atoms with Gasteiger partial charge in [-0.25, -0.2) is 0 Å². The van der Waals surface area contributed by atoms with Gasteiger partial charge in [-0.2, -0.15) is 0 Å². The van der Waals surface area contributed by atoms with Gasteiger partial charge in [0.2, 0.25) is 0 Å². The van der Waals surface area contributed by atoms with Crippen LogP contribution in [0.15, 0.2) is 18.2 Å². The number of aryl methyl sites for hydroxylation is 1. The summed E-state index contributed by atoms with van der Waals surface area (Å²) in [6.07, 6.45) is 0. The van der Waals surface area contributed by atoms with Gasteiger partial charge in [0.25, 0.3) is 7.98 Å². The molecule has 0 aliphatic rings. The van der Waals surface area contributed by atoms with Crippen LogP contribution in [0.5, 0.6) is 0 Å². The van der Waals surface area contributed by atoms with Gasteiger partial charge in [0, 0.05) is 0 Å². The summed E-state index contributed by atoms with van der Waals surface area (Å²) in [7, 11) is 5.49. The lowest BCUT2D eigenvalue weighted by Crippen LogP contribution is -1.92. The van der Waals surface area contributed by atoms with Crippen LogP contribution in [0.3, 0.4) is 0 Å². The fraction of sp³-hybridized carbons (Fsp3) is 0.143. The third kappa shape index (κ3) is 0.907. The van der Waals surface area contributed by atoms with Crippen LogP contribution in [0.25, 0.3) is 11.0 Å². The predicted octanol–water partition coefficient (Wildman–Crippen LogP) is 0.671. The molecule has 0 aliphatic heterocycles. The fourth-order valence-corrected chi connectivity index (χ4v) is 1.05. The van der Waals surface area contributed by atoms with E-state index < -0.39 is 0 Å². The summed E-state index contributed by atoms with van der Waals surface area (Å²) in [6.45, 7) is 2.01. The topological polar surface area (TPSA) is 30.7 Å². The molecule has 0 spiro atoms. The van der Waals surface area contributed by atoms with Gasteiger partial charge < -0.3 is 4.59 Å². The van der Waals surface area contributed by atoms with E-state index in [0.29, 0.717) is 0 Å². The zero-order chi connectivity index (χ0) is 7.84. The summed E-state index contributed by atoms with van der Waals surface area (Å²) < 4.78 is 1.28. The first kappa shape index (κ1) is 6.40.